The van der Waals surface area contributed by atoms with Crippen LogP contribution in [0.3, 0.4) is 0 Å². The van der Waals surface area contributed by atoms with E-state index in [4.69, 9.17) is 0 Å². The average molecular weight is 508 g/mol. The summed E-state index contributed by atoms with van der Waals surface area (Å²) in [7, 11) is 0. The molecule has 0 radical (unpaired) electrons. The Morgan fingerprint density at radius 3 is 2.25 bits per heavy atom. The first-order chi connectivity index (χ1) is 19.9. The van der Waals surface area contributed by atoms with Gasteiger partial charge in [0.05, 0.1) is 10.9 Å². The number of allylic oxidation sites excluding steroid dienone is 4. The van der Waals surface area contributed by atoms with Gasteiger partial charge in [-0.05, 0) is 55.6 Å². The summed E-state index contributed by atoms with van der Waals surface area (Å²) in [5.41, 5.74) is 10.8. The number of hydrogen-bond acceptors (Lipinski definition) is 0. The van der Waals surface area contributed by atoms with E-state index in [1.54, 1.807) is 0 Å². The molecule has 0 aliphatic heterocycles. The van der Waals surface area contributed by atoms with Crippen LogP contribution in [0.5, 0.6) is 0 Å². The lowest BCUT2D eigenvalue weighted by Gasteiger charge is -2.36. The van der Waals surface area contributed by atoms with Gasteiger partial charge in [-0.15, -0.1) is 0 Å². The van der Waals surface area contributed by atoms with Crippen molar-refractivity contribution in [2.24, 2.45) is 5.92 Å². The van der Waals surface area contributed by atoms with Crippen LogP contribution >= 0.6 is 0 Å². The van der Waals surface area contributed by atoms with Crippen LogP contribution in [-0.2, 0) is 5.41 Å². The number of nitrogens with one attached hydrogen (secondary N) is 1. The van der Waals surface area contributed by atoms with E-state index in [-0.39, 0.29) is 5.41 Å². The highest BCUT2D eigenvalue weighted by molar-refractivity contribution is 6.21. The minimum absolute atomic E-state index is 0.266. The fourth-order valence-electron chi connectivity index (χ4n) is 8.65. The Hall–Kier alpha value is -4.88. The van der Waals surface area contributed by atoms with Crippen LogP contribution in [0.1, 0.15) is 28.2 Å². The fraction of sp³-hybridized carbons (Fsp3) is 0.0769. The summed E-state index contributed by atoms with van der Waals surface area (Å²) < 4.78 is 0. The Balaban J connectivity index is 1.47. The van der Waals surface area contributed by atoms with Crippen molar-refractivity contribution >= 4 is 43.4 Å². The zero-order valence-electron chi connectivity index (χ0n) is 21.9. The van der Waals surface area contributed by atoms with E-state index in [1.165, 1.54) is 76.7 Å². The van der Waals surface area contributed by atoms with Crippen molar-refractivity contribution in [3.8, 4) is 11.1 Å². The molecule has 3 unspecified atom stereocenters. The van der Waals surface area contributed by atoms with Gasteiger partial charge in [-0.1, -0.05) is 127 Å². The molecule has 3 aliphatic rings. The van der Waals surface area contributed by atoms with Crippen LogP contribution < -0.4 is 0 Å². The van der Waals surface area contributed by atoms with Crippen molar-refractivity contribution in [3.63, 3.8) is 0 Å². The Kier molecular flexibility index (Phi) is 3.78. The van der Waals surface area contributed by atoms with Gasteiger partial charge in [0, 0.05) is 33.5 Å². The first-order valence-electron chi connectivity index (χ1n) is 14.3. The van der Waals surface area contributed by atoms with Gasteiger partial charge in [-0.2, -0.15) is 0 Å². The highest BCUT2D eigenvalue weighted by Crippen LogP contribution is 2.67. The number of rotatable bonds is 0. The SMILES string of the molecule is C1=CC2c3ccccc3C3(c4ccc5ccccc5c4-c4ccc5[nH]c6c7ccccc7ccc6c5c43)C2C=C1. The Labute approximate surface area is 232 Å². The molecule has 0 fully saturated rings. The highest BCUT2D eigenvalue weighted by atomic mass is 14.7. The largest absolute Gasteiger partial charge is 0.354 e. The van der Waals surface area contributed by atoms with Crippen molar-refractivity contribution in [3.05, 3.63) is 156 Å². The van der Waals surface area contributed by atoms with Crippen molar-refractivity contribution in [1.29, 1.82) is 0 Å². The zero-order chi connectivity index (χ0) is 26.0. The maximum Gasteiger partial charge on any atom is 0.0545 e. The summed E-state index contributed by atoms with van der Waals surface area (Å²) in [6.07, 6.45) is 9.44. The van der Waals surface area contributed by atoms with Gasteiger partial charge >= 0.3 is 0 Å². The molecule has 1 nitrogen and oxygen atoms in total. The maximum absolute atomic E-state index is 3.89. The molecule has 1 aromatic heterocycles. The molecular weight excluding hydrogens is 482 g/mol. The van der Waals surface area contributed by atoms with E-state index < -0.39 is 0 Å². The summed E-state index contributed by atoms with van der Waals surface area (Å²) in [6.45, 7) is 0. The van der Waals surface area contributed by atoms with Crippen LogP contribution in [0.25, 0.3) is 54.5 Å². The second-order valence-electron chi connectivity index (χ2n) is 11.7. The lowest BCUT2D eigenvalue weighted by molar-refractivity contribution is 0.468. The topological polar surface area (TPSA) is 15.8 Å². The number of fused-ring (bicyclic) bond motifs is 18. The predicted octanol–water partition coefficient (Wildman–Crippen LogP) is 9.78. The summed E-state index contributed by atoms with van der Waals surface area (Å²) in [5, 5.41) is 7.89. The number of benzene rings is 6. The van der Waals surface area contributed by atoms with Gasteiger partial charge in [0.2, 0.25) is 0 Å². The molecule has 3 aliphatic carbocycles. The third-order valence-corrected chi connectivity index (χ3v) is 10.1. The molecule has 1 heteroatoms. The lowest BCUT2D eigenvalue weighted by Crippen LogP contribution is -2.33. The monoisotopic (exact) mass is 507 g/mol. The standard InChI is InChI=1S/C39H25N/c1-3-11-25-23(9-1)18-21-33-35(25)29-20-22-34-36(30-19-17-24-10-2-4-12-26(24)38(30)40-34)37(29)39(33)31-15-7-5-13-27(31)28-14-6-8-16-32(28)39/h1-22,27,31,40H. The van der Waals surface area contributed by atoms with E-state index in [2.05, 4.69) is 138 Å². The van der Waals surface area contributed by atoms with Gasteiger partial charge in [0.1, 0.15) is 0 Å². The molecule has 10 rings (SSSR count). The van der Waals surface area contributed by atoms with Crippen molar-refractivity contribution in [2.75, 3.05) is 0 Å². The maximum atomic E-state index is 3.89. The summed E-state index contributed by atoms with van der Waals surface area (Å²) >= 11 is 0. The number of aromatic amines is 1. The molecule has 1 spiro atoms. The molecular formula is C39H25N. The average Bonchev–Trinajstić information content (AvgIpc) is 3.65. The molecule has 0 saturated heterocycles. The smallest absolute Gasteiger partial charge is 0.0545 e. The Morgan fingerprint density at radius 2 is 1.32 bits per heavy atom. The predicted molar refractivity (Wildman–Crippen MR) is 167 cm³/mol. The van der Waals surface area contributed by atoms with E-state index >= 15 is 0 Å². The van der Waals surface area contributed by atoms with Crippen LogP contribution in [0.2, 0.25) is 0 Å². The van der Waals surface area contributed by atoms with Crippen LogP contribution in [0.15, 0.2) is 133 Å². The van der Waals surface area contributed by atoms with Crippen molar-refractivity contribution in [2.45, 2.75) is 11.3 Å². The molecule has 1 N–H and O–H groups in total. The van der Waals surface area contributed by atoms with Gasteiger partial charge in [0.25, 0.3) is 0 Å². The number of hydrogen-bond donors (Lipinski definition) is 1. The van der Waals surface area contributed by atoms with Gasteiger partial charge in [0.15, 0.2) is 0 Å². The molecule has 186 valence electrons. The van der Waals surface area contributed by atoms with Gasteiger partial charge in [-0.3, -0.25) is 0 Å². The Morgan fingerprint density at radius 1 is 0.575 bits per heavy atom. The summed E-state index contributed by atoms with van der Waals surface area (Å²) in [4.78, 5) is 3.89. The number of H-pyrrole nitrogens is 1. The molecule has 0 bridgehead atoms. The molecule has 7 aromatic rings. The first-order valence-corrected chi connectivity index (χ1v) is 14.3. The minimum atomic E-state index is -0.266. The third-order valence-electron chi connectivity index (χ3n) is 10.1. The van der Waals surface area contributed by atoms with Crippen LogP contribution in [0.4, 0.5) is 0 Å². The van der Waals surface area contributed by atoms with Gasteiger partial charge in [-0.25, -0.2) is 0 Å². The van der Waals surface area contributed by atoms with Crippen LogP contribution in [-0.4, -0.2) is 4.98 Å². The zero-order valence-corrected chi connectivity index (χ0v) is 21.9. The van der Waals surface area contributed by atoms with Crippen molar-refractivity contribution < 1.29 is 0 Å². The van der Waals surface area contributed by atoms with E-state index in [0.717, 1.165) is 0 Å². The van der Waals surface area contributed by atoms with Gasteiger partial charge < -0.3 is 4.98 Å². The van der Waals surface area contributed by atoms with Crippen LogP contribution in [0, 0.1) is 5.92 Å². The molecule has 6 aromatic carbocycles. The first kappa shape index (κ1) is 21.0. The summed E-state index contributed by atoms with van der Waals surface area (Å²) in [5.74, 6) is 0.667. The molecule has 1 heterocycles. The summed E-state index contributed by atoms with van der Waals surface area (Å²) in [6, 6.07) is 41.1. The van der Waals surface area contributed by atoms with E-state index in [0.29, 0.717) is 11.8 Å². The second kappa shape index (κ2) is 7.20. The second-order valence-corrected chi connectivity index (χ2v) is 11.7. The molecule has 0 amide bonds. The lowest BCUT2D eigenvalue weighted by atomic mass is 9.64. The van der Waals surface area contributed by atoms with E-state index in [1.807, 2.05) is 0 Å². The molecule has 0 saturated carbocycles. The third kappa shape index (κ3) is 2.29. The minimum Gasteiger partial charge on any atom is -0.354 e. The van der Waals surface area contributed by atoms with Crippen molar-refractivity contribution in [1.82, 2.24) is 4.98 Å². The highest BCUT2D eigenvalue weighted by Gasteiger charge is 2.58. The molecule has 3 atom stereocenters. The van der Waals surface area contributed by atoms with E-state index in [9.17, 15) is 0 Å². The normalized spacial score (nSPS) is 21.9. The fourth-order valence-corrected chi connectivity index (χ4v) is 8.65. The quantitative estimate of drug-likeness (QED) is 0.210. The molecule has 40 heavy (non-hydrogen) atoms. The Bertz CT molecular complexity index is 2290. The number of aromatic nitrogens is 1.